The lowest BCUT2D eigenvalue weighted by atomic mass is 10.2. The van der Waals surface area contributed by atoms with Gasteiger partial charge in [0, 0.05) is 12.6 Å². The molecule has 4 nitrogen and oxygen atoms in total. The molecule has 1 atom stereocenters. The number of imide groups is 1. The van der Waals surface area contributed by atoms with E-state index in [9.17, 15) is 9.59 Å². The number of amides is 3. The first-order valence-electron chi connectivity index (χ1n) is 5.21. The summed E-state index contributed by atoms with van der Waals surface area (Å²) in [4.78, 5) is 25.7. The summed E-state index contributed by atoms with van der Waals surface area (Å²) in [5.74, 6) is -0.216. The van der Waals surface area contributed by atoms with E-state index in [1.807, 2.05) is 20.8 Å². The Morgan fingerprint density at radius 1 is 1.40 bits per heavy atom. The maximum atomic E-state index is 11.9. The van der Waals surface area contributed by atoms with Crippen LogP contribution in [0, 0.1) is 0 Å². The fraction of sp³-hybridized carbons (Fsp3) is 0.800. The number of carbonyl (C=O) groups is 2. The van der Waals surface area contributed by atoms with E-state index in [4.69, 9.17) is 0 Å². The molecule has 1 unspecified atom stereocenters. The van der Waals surface area contributed by atoms with Crippen molar-refractivity contribution in [3.63, 3.8) is 0 Å². The van der Waals surface area contributed by atoms with E-state index in [1.54, 1.807) is 6.92 Å². The molecular formula is C10H18N2O2S. The van der Waals surface area contributed by atoms with Crippen LogP contribution in [0.2, 0.25) is 0 Å². The molecule has 5 heteroatoms. The summed E-state index contributed by atoms with van der Waals surface area (Å²) in [6.45, 7) is 7.85. The molecule has 86 valence electrons. The molecular weight excluding hydrogens is 212 g/mol. The van der Waals surface area contributed by atoms with Crippen molar-refractivity contribution in [1.29, 1.82) is 0 Å². The number of thiol groups is 1. The van der Waals surface area contributed by atoms with E-state index in [0.717, 1.165) is 6.42 Å². The number of carbonyl (C=O) groups excluding carboxylic acids is 2. The molecule has 3 amide bonds. The van der Waals surface area contributed by atoms with Crippen LogP contribution in [0.25, 0.3) is 0 Å². The molecule has 0 aliphatic carbocycles. The van der Waals surface area contributed by atoms with Crippen molar-refractivity contribution in [3.8, 4) is 0 Å². The van der Waals surface area contributed by atoms with Crippen LogP contribution in [0.15, 0.2) is 0 Å². The summed E-state index contributed by atoms with van der Waals surface area (Å²) >= 11 is 4.30. The van der Waals surface area contributed by atoms with E-state index in [0.29, 0.717) is 6.54 Å². The number of rotatable bonds is 3. The minimum atomic E-state index is -1.000. The zero-order chi connectivity index (χ0) is 11.8. The monoisotopic (exact) mass is 230 g/mol. The van der Waals surface area contributed by atoms with Crippen molar-refractivity contribution < 1.29 is 9.59 Å². The van der Waals surface area contributed by atoms with E-state index in [2.05, 4.69) is 12.6 Å². The van der Waals surface area contributed by atoms with Crippen LogP contribution in [-0.4, -0.2) is 39.2 Å². The maximum Gasteiger partial charge on any atom is 0.328 e. The summed E-state index contributed by atoms with van der Waals surface area (Å²) in [7, 11) is 0. The largest absolute Gasteiger partial charge is 0.328 e. The molecule has 0 N–H and O–H groups in total. The van der Waals surface area contributed by atoms with Crippen LogP contribution >= 0.6 is 12.6 Å². The number of hydrogen-bond acceptors (Lipinski definition) is 3. The Morgan fingerprint density at radius 2 is 1.93 bits per heavy atom. The standard InChI is InChI=1S/C10H18N2O2S/c1-5-6-11-8(13)10(4,15)12(7(2)3)9(11)14/h7,15H,5-6H2,1-4H3. The van der Waals surface area contributed by atoms with Gasteiger partial charge in [0.2, 0.25) is 0 Å². The number of nitrogens with zero attached hydrogens (tertiary/aromatic N) is 2. The highest BCUT2D eigenvalue weighted by atomic mass is 32.1. The van der Waals surface area contributed by atoms with Crippen molar-refractivity contribution in [3.05, 3.63) is 0 Å². The minimum Gasteiger partial charge on any atom is -0.299 e. The fourth-order valence-corrected chi connectivity index (χ4v) is 2.34. The molecule has 1 saturated heterocycles. The lowest BCUT2D eigenvalue weighted by Gasteiger charge is -2.30. The second kappa shape index (κ2) is 4.04. The molecule has 0 aromatic heterocycles. The molecule has 1 fully saturated rings. The summed E-state index contributed by atoms with van der Waals surface area (Å²) < 4.78 is 0. The molecule has 1 aliphatic heterocycles. The lowest BCUT2D eigenvalue weighted by molar-refractivity contribution is -0.129. The summed E-state index contributed by atoms with van der Waals surface area (Å²) in [6, 6.07) is -0.250. The van der Waals surface area contributed by atoms with Crippen molar-refractivity contribution >= 4 is 24.6 Å². The third kappa shape index (κ3) is 1.85. The topological polar surface area (TPSA) is 40.6 Å². The first-order valence-corrected chi connectivity index (χ1v) is 5.66. The van der Waals surface area contributed by atoms with Gasteiger partial charge in [0.05, 0.1) is 0 Å². The van der Waals surface area contributed by atoms with Crippen molar-refractivity contribution in [2.75, 3.05) is 6.54 Å². The van der Waals surface area contributed by atoms with Gasteiger partial charge in [-0.05, 0) is 27.2 Å². The molecule has 1 rings (SSSR count). The van der Waals surface area contributed by atoms with E-state index >= 15 is 0 Å². The predicted octanol–water partition coefficient (Wildman–Crippen LogP) is 1.72. The Morgan fingerprint density at radius 3 is 2.27 bits per heavy atom. The van der Waals surface area contributed by atoms with Crippen molar-refractivity contribution in [1.82, 2.24) is 9.80 Å². The highest BCUT2D eigenvalue weighted by molar-refractivity contribution is 7.82. The molecule has 15 heavy (non-hydrogen) atoms. The molecule has 0 radical (unpaired) electrons. The lowest BCUT2D eigenvalue weighted by Crippen LogP contribution is -2.46. The Hall–Kier alpha value is -0.710. The van der Waals surface area contributed by atoms with Gasteiger partial charge in [-0.25, -0.2) is 4.79 Å². The van der Waals surface area contributed by atoms with E-state index in [1.165, 1.54) is 9.80 Å². The number of hydrogen-bond donors (Lipinski definition) is 1. The van der Waals surface area contributed by atoms with Gasteiger partial charge in [-0.3, -0.25) is 14.6 Å². The predicted molar refractivity (Wildman–Crippen MR) is 61.8 cm³/mol. The van der Waals surface area contributed by atoms with Gasteiger partial charge in [-0.2, -0.15) is 0 Å². The van der Waals surface area contributed by atoms with Crippen LogP contribution < -0.4 is 0 Å². The second-order valence-electron chi connectivity index (χ2n) is 4.22. The Balaban J connectivity index is 3.03. The SMILES string of the molecule is CCCN1C(=O)N(C(C)C)C(C)(S)C1=O. The van der Waals surface area contributed by atoms with Gasteiger partial charge in [-0.15, -0.1) is 12.6 Å². The minimum absolute atomic E-state index is 0.0224. The summed E-state index contributed by atoms with van der Waals surface area (Å²) in [6.07, 6.45) is 0.771. The Kier molecular flexibility index (Phi) is 3.33. The highest BCUT2D eigenvalue weighted by Crippen LogP contribution is 2.33. The zero-order valence-corrected chi connectivity index (χ0v) is 10.5. The Bertz CT molecular complexity index is 289. The van der Waals surface area contributed by atoms with Crippen molar-refractivity contribution in [2.24, 2.45) is 0 Å². The van der Waals surface area contributed by atoms with Crippen molar-refractivity contribution in [2.45, 2.75) is 45.0 Å². The third-order valence-corrected chi connectivity index (χ3v) is 2.93. The van der Waals surface area contributed by atoms with Crippen LogP contribution in [0.5, 0.6) is 0 Å². The smallest absolute Gasteiger partial charge is 0.299 e. The fourth-order valence-electron chi connectivity index (χ4n) is 1.91. The van der Waals surface area contributed by atoms with Gasteiger partial charge < -0.3 is 0 Å². The maximum absolute atomic E-state index is 11.9. The van der Waals surface area contributed by atoms with E-state index in [-0.39, 0.29) is 18.0 Å². The second-order valence-corrected chi connectivity index (χ2v) is 5.09. The first-order chi connectivity index (χ1) is 6.84. The summed E-state index contributed by atoms with van der Waals surface area (Å²) in [5.41, 5.74) is 0. The quantitative estimate of drug-likeness (QED) is 0.592. The first kappa shape index (κ1) is 12.4. The van der Waals surface area contributed by atoms with Gasteiger partial charge in [0.25, 0.3) is 5.91 Å². The normalized spacial score (nSPS) is 27.1. The number of urea groups is 1. The van der Waals surface area contributed by atoms with Crippen LogP contribution in [-0.2, 0) is 4.79 Å². The summed E-state index contributed by atoms with van der Waals surface area (Å²) in [5, 5.41) is 0. The highest BCUT2D eigenvalue weighted by Gasteiger charge is 2.52. The van der Waals surface area contributed by atoms with E-state index < -0.39 is 4.87 Å². The average molecular weight is 230 g/mol. The Labute approximate surface area is 96.0 Å². The molecule has 0 saturated carbocycles. The molecule has 0 spiro atoms. The van der Waals surface area contributed by atoms with Crippen LogP contribution in [0.4, 0.5) is 4.79 Å². The average Bonchev–Trinajstić information content (AvgIpc) is 2.26. The molecule has 0 aromatic rings. The van der Waals surface area contributed by atoms with Gasteiger partial charge in [-0.1, -0.05) is 6.92 Å². The van der Waals surface area contributed by atoms with Crippen LogP contribution in [0.1, 0.15) is 34.1 Å². The van der Waals surface area contributed by atoms with Gasteiger partial charge in [0.1, 0.15) is 0 Å². The zero-order valence-electron chi connectivity index (χ0n) is 9.65. The van der Waals surface area contributed by atoms with Gasteiger partial charge >= 0.3 is 6.03 Å². The molecule has 1 aliphatic rings. The third-order valence-electron chi connectivity index (χ3n) is 2.52. The molecule has 1 heterocycles. The molecule has 0 bridgehead atoms. The van der Waals surface area contributed by atoms with Crippen LogP contribution in [0.3, 0.4) is 0 Å². The van der Waals surface area contributed by atoms with Gasteiger partial charge in [0.15, 0.2) is 4.87 Å². The molecule has 0 aromatic carbocycles.